The Morgan fingerprint density at radius 1 is 1.03 bits per heavy atom. The molecule has 9 heteroatoms. The number of hydrogen-bond donors (Lipinski definition) is 0. The van der Waals surface area contributed by atoms with Gasteiger partial charge >= 0.3 is 0 Å². The van der Waals surface area contributed by atoms with Crippen LogP contribution in [-0.2, 0) is 11.2 Å². The lowest BCUT2D eigenvalue weighted by atomic mass is 10.2. The van der Waals surface area contributed by atoms with Crippen molar-refractivity contribution in [3.63, 3.8) is 0 Å². The second-order valence-corrected chi connectivity index (χ2v) is 8.28. The van der Waals surface area contributed by atoms with E-state index in [0.29, 0.717) is 60.9 Å². The third-order valence-electron chi connectivity index (χ3n) is 6.20. The molecule has 34 heavy (non-hydrogen) atoms. The van der Waals surface area contributed by atoms with E-state index < -0.39 is 0 Å². The highest BCUT2D eigenvalue weighted by atomic mass is 16.5. The summed E-state index contributed by atoms with van der Waals surface area (Å²) in [6, 6.07) is 10.6. The number of hydrogen-bond acceptors (Lipinski definition) is 5. The van der Waals surface area contributed by atoms with E-state index in [1.807, 2.05) is 6.92 Å². The molecule has 0 unspecified atom stereocenters. The first kappa shape index (κ1) is 23.3. The Kier molecular flexibility index (Phi) is 6.54. The number of benzene rings is 1. The molecule has 0 aliphatic carbocycles. The predicted molar refractivity (Wildman–Crippen MR) is 128 cm³/mol. The molecule has 1 aliphatic rings. The molecular formula is C25H29N5O4. The molecule has 0 saturated carbocycles. The number of carbonyl (C=O) groups excluding carboxylic acids is 3. The van der Waals surface area contributed by atoms with Gasteiger partial charge in [-0.1, -0.05) is 13.0 Å². The van der Waals surface area contributed by atoms with Gasteiger partial charge in [0.05, 0.1) is 18.4 Å². The Labute approximate surface area is 198 Å². The van der Waals surface area contributed by atoms with Crippen molar-refractivity contribution in [3.05, 3.63) is 59.4 Å². The number of nitrogens with zero attached hydrogens (tertiary/aromatic N) is 5. The van der Waals surface area contributed by atoms with Gasteiger partial charge < -0.3 is 14.5 Å². The zero-order valence-electron chi connectivity index (χ0n) is 19.9. The minimum absolute atomic E-state index is 0.0208. The largest absolute Gasteiger partial charge is 0.497 e. The maximum absolute atomic E-state index is 13.3. The van der Waals surface area contributed by atoms with E-state index in [2.05, 4.69) is 4.98 Å². The highest BCUT2D eigenvalue weighted by molar-refractivity contribution is 6.06. The lowest BCUT2D eigenvalue weighted by molar-refractivity contribution is -0.130. The third-order valence-corrected chi connectivity index (χ3v) is 6.20. The van der Waals surface area contributed by atoms with Crippen LogP contribution in [0.1, 0.15) is 40.3 Å². The minimum Gasteiger partial charge on any atom is -0.497 e. The number of pyridine rings is 1. The molecule has 0 radical (unpaired) electrons. The molecule has 0 atom stereocenters. The number of aryl methyl sites for hydroxylation is 1. The van der Waals surface area contributed by atoms with Gasteiger partial charge in [-0.3, -0.25) is 23.7 Å². The summed E-state index contributed by atoms with van der Waals surface area (Å²) < 4.78 is 7.06. The number of anilines is 1. The smallest absolute Gasteiger partial charge is 0.259 e. The first-order valence-corrected chi connectivity index (χ1v) is 11.3. The van der Waals surface area contributed by atoms with Crippen LogP contribution in [-0.4, -0.2) is 77.2 Å². The lowest BCUT2D eigenvalue weighted by Gasteiger charge is -2.34. The Balaban J connectivity index is 1.66. The summed E-state index contributed by atoms with van der Waals surface area (Å²) in [5.41, 5.74) is 2.43. The van der Waals surface area contributed by atoms with Crippen molar-refractivity contribution in [1.82, 2.24) is 19.2 Å². The van der Waals surface area contributed by atoms with Crippen LogP contribution < -0.4 is 9.64 Å². The number of imidazole rings is 1. The van der Waals surface area contributed by atoms with Gasteiger partial charge in [-0.15, -0.1) is 0 Å². The molecule has 0 N–H and O–H groups in total. The number of fused-ring (bicyclic) bond motifs is 1. The molecule has 2 aromatic heterocycles. The van der Waals surface area contributed by atoms with Crippen molar-refractivity contribution < 1.29 is 19.1 Å². The van der Waals surface area contributed by atoms with Crippen molar-refractivity contribution in [3.8, 4) is 5.75 Å². The number of rotatable bonds is 5. The first-order chi connectivity index (χ1) is 16.3. The molecule has 1 fully saturated rings. The maximum atomic E-state index is 13.3. The lowest BCUT2D eigenvalue weighted by Crippen LogP contribution is -2.50. The van der Waals surface area contributed by atoms with Crippen molar-refractivity contribution in [2.24, 2.45) is 0 Å². The monoisotopic (exact) mass is 463 g/mol. The summed E-state index contributed by atoms with van der Waals surface area (Å²) in [6.45, 7) is 5.55. The topological polar surface area (TPSA) is 87.5 Å². The van der Waals surface area contributed by atoms with E-state index in [0.717, 1.165) is 5.69 Å². The van der Waals surface area contributed by atoms with E-state index in [4.69, 9.17) is 4.74 Å². The quantitative estimate of drug-likeness (QED) is 0.580. The summed E-state index contributed by atoms with van der Waals surface area (Å²) in [7, 11) is 3.27. The van der Waals surface area contributed by atoms with Gasteiger partial charge in [-0.2, -0.15) is 0 Å². The minimum atomic E-state index is -0.201. The SMILES string of the molecule is CCc1nc2ccc(C(=O)N3CCN(C(C)=O)CC3)cn2c1N(C)C(=O)c1cccc(OC)c1. The summed E-state index contributed by atoms with van der Waals surface area (Å²) in [4.78, 5) is 47.8. The van der Waals surface area contributed by atoms with Gasteiger partial charge in [0.2, 0.25) is 5.91 Å². The molecular weight excluding hydrogens is 434 g/mol. The van der Waals surface area contributed by atoms with Crippen LogP contribution in [0.4, 0.5) is 5.82 Å². The Morgan fingerprint density at radius 2 is 1.74 bits per heavy atom. The Morgan fingerprint density at radius 3 is 2.38 bits per heavy atom. The van der Waals surface area contributed by atoms with E-state index in [9.17, 15) is 14.4 Å². The fourth-order valence-corrected chi connectivity index (χ4v) is 4.25. The zero-order chi connectivity index (χ0) is 24.4. The average molecular weight is 464 g/mol. The van der Waals surface area contributed by atoms with Crippen LogP contribution in [0.5, 0.6) is 5.75 Å². The molecule has 178 valence electrons. The van der Waals surface area contributed by atoms with E-state index >= 15 is 0 Å². The highest BCUT2D eigenvalue weighted by Crippen LogP contribution is 2.26. The van der Waals surface area contributed by atoms with Crippen LogP contribution in [0, 0.1) is 0 Å². The fourth-order valence-electron chi connectivity index (χ4n) is 4.25. The van der Waals surface area contributed by atoms with E-state index in [1.54, 1.807) is 82.8 Å². The number of methoxy groups -OCH3 is 1. The van der Waals surface area contributed by atoms with Crippen LogP contribution >= 0.6 is 0 Å². The maximum Gasteiger partial charge on any atom is 0.259 e. The molecule has 4 rings (SSSR count). The first-order valence-electron chi connectivity index (χ1n) is 11.3. The van der Waals surface area contributed by atoms with Crippen molar-refractivity contribution in [1.29, 1.82) is 0 Å². The van der Waals surface area contributed by atoms with E-state index in [1.165, 1.54) is 0 Å². The molecule has 3 aromatic rings. The molecule has 1 aliphatic heterocycles. The third kappa shape index (κ3) is 4.33. The standard InChI is InChI=1S/C25H29N5O4/c1-5-21-23(27(3)24(32)18-7-6-8-20(15-18)34-4)30-16-19(9-10-22(30)26-21)25(33)29-13-11-28(12-14-29)17(2)31/h6-10,15-16H,5,11-14H2,1-4H3. The Bertz CT molecular complexity index is 1240. The van der Waals surface area contributed by atoms with Gasteiger partial charge in [0.1, 0.15) is 17.2 Å². The van der Waals surface area contributed by atoms with Gasteiger partial charge in [-0.05, 0) is 36.8 Å². The molecule has 0 spiro atoms. The van der Waals surface area contributed by atoms with Gasteiger partial charge in [0.15, 0.2) is 0 Å². The van der Waals surface area contributed by atoms with Crippen LogP contribution in [0.15, 0.2) is 42.6 Å². The van der Waals surface area contributed by atoms with Crippen LogP contribution in [0.25, 0.3) is 5.65 Å². The zero-order valence-corrected chi connectivity index (χ0v) is 19.9. The van der Waals surface area contributed by atoms with Crippen LogP contribution in [0.2, 0.25) is 0 Å². The number of ether oxygens (including phenoxy) is 1. The predicted octanol–water partition coefficient (Wildman–Crippen LogP) is 2.49. The molecule has 1 aromatic carbocycles. The number of aromatic nitrogens is 2. The van der Waals surface area contributed by atoms with Gasteiger partial charge in [-0.25, -0.2) is 4.98 Å². The van der Waals surface area contributed by atoms with Crippen molar-refractivity contribution in [2.75, 3.05) is 45.2 Å². The Hall–Kier alpha value is -3.88. The number of amides is 3. The van der Waals surface area contributed by atoms with Crippen LogP contribution in [0.3, 0.4) is 0 Å². The summed E-state index contributed by atoms with van der Waals surface area (Å²) >= 11 is 0. The molecule has 3 heterocycles. The molecule has 3 amide bonds. The fraction of sp³-hybridized carbons (Fsp3) is 0.360. The number of piperazine rings is 1. The normalized spacial score (nSPS) is 13.8. The van der Waals surface area contributed by atoms with Crippen molar-refractivity contribution in [2.45, 2.75) is 20.3 Å². The summed E-state index contributed by atoms with van der Waals surface area (Å²) in [5, 5.41) is 0. The molecule has 0 bridgehead atoms. The van der Waals surface area contributed by atoms with Gasteiger partial charge in [0.25, 0.3) is 11.8 Å². The molecule has 9 nitrogen and oxygen atoms in total. The van der Waals surface area contributed by atoms with Gasteiger partial charge in [0, 0.05) is 51.9 Å². The summed E-state index contributed by atoms with van der Waals surface area (Å²) in [6.07, 6.45) is 2.37. The van der Waals surface area contributed by atoms with E-state index in [-0.39, 0.29) is 17.7 Å². The van der Waals surface area contributed by atoms with Crippen molar-refractivity contribution >= 4 is 29.2 Å². The highest BCUT2D eigenvalue weighted by Gasteiger charge is 2.26. The average Bonchev–Trinajstić information content (AvgIpc) is 3.25. The second-order valence-electron chi connectivity index (χ2n) is 8.28. The summed E-state index contributed by atoms with van der Waals surface area (Å²) in [5.74, 6) is 0.941. The number of carbonyl (C=O) groups is 3. The molecule has 1 saturated heterocycles. The second kappa shape index (κ2) is 9.54.